The summed E-state index contributed by atoms with van der Waals surface area (Å²) in [5, 5.41) is 0. The summed E-state index contributed by atoms with van der Waals surface area (Å²) in [5.41, 5.74) is 6.70. The number of nitrogens with two attached hydrogens (primary N) is 1. The van der Waals surface area contributed by atoms with E-state index in [9.17, 15) is 0 Å². The van der Waals surface area contributed by atoms with E-state index >= 15 is 0 Å². The summed E-state index contributed by atoms with van der Waals surface area (Å²) in [5.74, 6) is 5.93. The van der Waals surface area contributed by atoms with Crippen LogP contribution in [0.1, 0.15) is 35.6 Å². The van der Waals surface area contributed by atoms with Gasteiger partial charge in [-0.05, 0) is 48.1 Å². The molecule has 1 aliphatic heterocycles. The van der Waals surface area contributed by atoms with Crippen LogP contribution in [0.4, 0.5) is 0 Å². The second kappa shape index (κ2) is 14.0. The zero-order valence-corrected chi connectivity index (χ0v) is 20.5. The van der Waals surface area contributed by atoms with Crippen molar-refractivity contribution >= 4 is 0 Å². The number of hydrogen-bond acceptors (Lipinski definition) is 6. The normalized spacial score (nSPS) is 14.9. The number of nitrogens with zero attached hydrogens (tertiary/aromatic N) is 2. The lowest BCUT2D eigenvalue weighted by molar-refractivity contribution is 0.0402. The van der Waals surface area contributed by atoms with Crippen LogP contribution in [0.5, 0.6) is 5.75 Å². The third kappa shape index (κ3) is 7.88. The first-order valence-electron chi connectivity index (χ1n) is 12.7. The van der Waals surface area contributed by atoms with Crippen LogP contribution in [0.25, 0.3) is 0 Å². The molecule has 0 saturated carbocycles. The molecular weight excluding hydrogens is 436 g/mol. The topological polar surface area (TPSA) is 63.0 Å². The number of ether oxygens (including phenoxy) is 1. The van der Waals surface area contributed by atoms with E-state index in [0.29, 0.717) is 12.6 Å². The summed E-state index contributed by atoms with van der Waals surface area (Å²) in [6.07, 6.45) is 3.12. The molecule has 0 bridgehead atoms. The number of aryl methyl sites for hydroxylation is 1. The van der Waals surface area contributed by atoms with Crippen molar-refractivity contribution in [3.8, 4) is 5.75 Å². The van der Waals surface area contributed by atoms with Gasteiger partial charge in [-0.1, -0.05) is 72.8 Å². The van der Waals surface area contributed by atoms with E-state index < -0.39 is 0 Å². The van der Waals surface area contributed by atoms with Crippen LogP contribution >= 0.6 is 0 Å². The quantitative estimate of drug-likeness (QED) is 0.286. The maximum absolute atomic E-state index is 6.10. The molecule has 0 aliphatic carbocycles. The van der Waals surface area contributed by atoms with Crippen molar-refractivity contribution in [3.05, 3.63) is 102 Å². The molecule has 0 atom stereocenters. The summed E-state index contributed by atoms with van der Waals surface area (Å²) in [7, 11) is 0. The molecule has 0 amide bonds. The van der Waals surface area contributed by atoms with E-state index in [4.69, 9.17) is 10.6 Å². The third-order valence-electron chi connectivity index (χ3n) is 6.65. The average molecular weight is 475 g/mol. The Kier molecular flexibility index (Phi) is 10.1. The van der Waals surface area contributed by atoms with Crippen molar-refractivity contribution in [2.24, 2.45) is 5.90 Å². The van der Waals surface area contributed by atoms with Crippen molar-refractivity contribution in [2.75, 3.05) is 45.9 Å². The molecule has 3 aromatic rings. The molecule has 186 valence electrons. The third-order valence-corrected chi connectivity index (χ3v) is 6.65. The van der Waals surface area contributed by atoms with Crippen molar-refractivity contribution in [1.29, 1.82) is 0 Å². The van der Waals surface area contributed by atoms with Gasteiger partial charge in [0.05, 0.1) is 6.04 Å². The summed E-state index contributed by atoms with van der Waals surface area (Å²) in [6, 6.07) is 30.5. The number of benzene rings is 3. The largest absolute Gasteiger partial charge is 0.492 e. The predicted octanol–water partition coefficient (Wildman–Crippen LogP) is 4.19. The Morgan fingerprint density at radius 1 is 0.800 bits per heavy atom. The van der Waals surface area contributed by atoms with E-state index in [-0.39, 0.29) is 0 Å². The van der Waals surface area contributed by atoms with Gasteiger partial charge in [0, 0.05) is 39.3 Å². The SMILES string of the molecule is NONCCCCc1cccc(OCCN2CCN(C(c3ccccc3)c3ccccc3)CC2)c1. The number of piperazine rings is 1. The maximum Gasteiger partial charge on any atom is 0.119 e. The van der Waals surface area contributed by atoms with Crippen molar-refractivity contribution in [3.63, 3.8) is 0 Å². The van der Waals surface area contributed by atoms with Gasteiger partial charge in [-0.2, -0.15) is 11.4 Å². The zero-order valence-electron chi connectivity index (χ0n) is 20.5. The summed E-state index contributed by atoms with van der Waals surface area (Å²) in [4.78, 5) is 9.51. The molecule has 0 radical (unpaired) electrons. The molecule has 3 N–H and O–H groups in total. The first kappa shape index (κ1) is 25.4. The van der Waals surface area contributed by atoms with Crippen molar-refractivity contribution in [1.82, 2.24) is 15.3 Å². The molecule has 6 heteroatoms. The number of nitrogens with one attached hydrogen (secondary N) is 1. The first-order chi connectivity index (χ1) is 17.3. The van der Waals surface area contributed by atoms with Crippen molar-refractivity contribution in [2.45, 2.75) is 25.3 Å². The lowest BCUT2D eigenvalue weighted by Crippen LogP contribution is -2.48. The van der Waals surface area contributed by atoms with E-state index in [2.05, 4.69) is 105 Å². The molecule has 6 nitrogen and oxygen atoms in total. The highest BCUT2D eigenvalue weighted by Gasteiger charge is 2.26. The molecule has 3 aromatic carbocycles. The zero-order chi connectivity index (χ0) is 24.1. The number of rotatable bonds is 13. The van der Waals surface area contributed by atoms with Gasteiger partial charge < -0.3 is 4.74 Å². The highest BCUT2D eigenvalue weighted by Crippen LogP contribution is 2.29. The maximum atomic E-state index is 6.10. The lowest BCUT2D eigenvalue weighted by atomic mass is 9.96. The Morgan fingerprint density at radius 2 is 1.49 bits per heavy atom. The van der Waals surface area contributed by atoms with Crippen LogP contribution in [0.3, 0.4) is 0 Å². The minimum Gasteiger partial charge on any atom is -0.492 e. The minimum absolute atomic E-state index is 0.303. The predicted molar refractivity (Wildman–Crippen MR) is 141 cm³/mol. The van der Waals surface area contributed by atoms with E-state index in [1.807, 2.05) is 0 Å². The summed E-state index contributed by atoms with van der Waals surface area (Å²) in [6.45, 7) is 6.63. The minimum atomic E-state index is 0.303. The van der Waals surface area contributed by atoms with Crippen LogP contribution in [0.2, 0.25) is 0 Å². The molecule has 4 rings (SSSR count). The fourth-order valence-corrected chi connectivity index (χ4v) is 4.80. The van der Waals surface area contributed by atoms with Gasteiger partial charge in [0.25, 0.3) is 0 Å². The molecule has 0 spiro atoms. The second-order valence-electron chi connectivity index (χ2n) is 9.07. The monoisotopic (exact) mass is 474 g/mol. The Hall–Kier alpha value is -2.74. The smallest absolute Gasteiger partial charge is 0.119 e. The molecule has 1 heterocycles. The van der Waals surface area contributed by atoms with Crippen LogP contribution in [0.15, 0.2) is 84.9 Å². The van der Waals surface area contributed by atoms with Gasteiger partial charge >= 0.3 is 0 Å². The van der Waals surface area contributed by atoms with E-state index in [1.54, 1.807) is 0 Å². The van der Waals surface area contributed by atoms with Gasteiger partial charge in [0.15, 0.2) is 0 Å². The van der Waals surface area contributed by atoms with E-state index in [0.717, 1.165) is 64.3 Å². The Labute approximate surface area is 209 Å². The van der Waals surface area contributed by atoms with Crippen LogP contribution in [-0.4, -0.2) is 55.7 Å². The van der Waals surface area contributed by atoms with Crippen LogP contribution < -0.4 is 16.1 Å². The molecule has 1 saturated heterocycles. The van der Waals surface area contributed by atoms with Crippen molar-refractivity contribution < 1.29 is 9.68 Å². The Balaban J connectivity index is 1.23. The second-order valence-corrected chi connectivity index (χ2v) is 9.07. The molecule has 0 aromatic heterocycles. The highest BCUT2D eigenvalue weighted by atomic mass is 16.8. The van der Waals surface area contributed by atoms with Gasteiger partial charge in [-0.25, -0.2) is 4.94 Å². The van der Waals surface area contributed by atoms with Gasteiger partial charge in [0.1, 0.15) is 12.4 Å². The van der Waals surface area contributed by atoms with Crippen LogP contribution in [0, 0.1) is 0 Å². The first-order valence-corrected chi connectivity index (χ1v) is 12.7. The number of hydrogen-bond donors (Lipinski definition) is 2. The molecular formula is C29H38N4O2. The molecule has 1 fully saturated rings. The number of unbranched alkanes of at least 4 members (excludes halogenated alkanes) is 1. The van der Waals surface area contributed by atoms with Crippen LogP contribution in [-0.2, 0) is 11.4 Å². The Morgan fingerprint density at radius 3 is 2.14 bits per heavy atom. The summed E-state index contributed by atoms with van der Waals surface area (Å²) < 4.78 is 6.10. The number of hydroxylamine groups is 1. The standard InChI is InChI=1S/C29H38N4O2/c30-35-31-17-8-7-10-25-11-9-16-28(24-25)34-23-22-32-18-20-33(21-19-32)29(26-12-3-1-4-13-26)27-14-5-2-6-15-27/h1-6,9,11-16,24,29,31H,7-8,10,17-23,30H2. The lowest BCUT2D eigenvalue weighted by Gasteiger charge is -2.39. The summed E-state index contributed by atoms with van der Waals surface area (Å²) >= 11 is 0. The fraction of sp³-hybridized carbons (Fsp3) is 0.379. The molecule has 1 aliphatic rings. The molecule has 0 unspecified atom stereocenters. The van der Waals surface area contributed by atoms with E-state index in [1.165, 1.54) is 16.7 Å². The fourth-order valence-electron chi connectivity index (χ4n) is 4.80. The van der Waals surface area contributed by atoms with Gasteiger partial charge in [-0.3, -0.25) is 9.80 Å². The molecule has 35 heavy (non-hydrogen) atoms. The Bertz CT molecular complexity index is 939. The highest BCUT2D eigenvalue weighted by molar-refractivity contribution is 5.32. The van der Waals surface area contributed by atoms with Gasteiger partial charge in [0.2, 0.25) is 0 Å². The average Bonchev–Trinajstić information content (AvgIpc) is 2.91. The van der Waals surface area contributed by atoms with Gasteiger partial charge in [-0.15, -0.1) is 0 Å².